The van der Waals surface area contributed by atoms with Gasteiger partial charge in [0, 0.05) is 61.2 Å². The van der Waals surface area contributed by atoms with E-state index < -0.39 is 5.67 Å². The van der Waals surface area contributed by atoms with Crippen LogP contribution in [-0.2, 0) is 9.47 Å². The van der Waals surface area contributed by atoms with E-state index in [1.54, 1.807) is 34.5 Å². The van der Waals surface area contributed by atoms with E-state index in [4.69, 9.17) is 0 Å². The topological polar surface area (TPSA) is 24.9 Å². The Labute approximate surface area is 208 Å². The molecule has 1 aromatic rings. The third kappa shape index (κ3) is 9.43. The van der Waals surface area contributed by atoms with Crippen molar-refractivity contribution in [3.8, 4) is 0 Å². The second-order valence-electron chi connectivity index (χ2n) is 10.3. The summed E-state index contributed by atoms with van der Waals surface area (Å²) < 4.78 is 37.7. The van der Waals surface area contributed by atoms with E-state index in [-0.39, 0.29) is 5.82 Å². The van der Waals surface area contributed by atoms with Crippen LogP contribution in [0.15, 0.2) is 18.2 Å². The van der Waals surface area contributed by atoms with Gasteiger partial charge in [-0.2, -0.15) is 0 Å². The van der Waals surface area contributed by atoms with Crippen LogP contribution in [0.5, 0.6) is 0 Å². The van der Waals surface area contributed by atoms with Gasteiger partial charge in [0.2, 0.25) is 0 Å². The van der Waals surface area contributed by atoms with Crippen LogP contribution in [0.1, 0.15) is 71.3 Å². The minimum absolute atomic E-state index is 0.0849. The predicted molar refractivity (Wildman–Crippen MR) is 140 cm³/mol. The number of para-hydroxylation sites is 1. The number of rotatable bonds is 6. The van der Waals surface area contributed by atoms with E-state index in [2.05, 4.69) is 46.1 Å². The van der Waals surface area contributed by atoms with Crippen molar-refractivity contribution in [1.82, 2.24) is 4.90 Å². The van der Waals surface area contributed by atoms with Crippen LogP contribution in [0, 0.1) is 17.7 Å². The molecule has 2 fully saturated rings. The third-order valence-electron chi connectivity index (χ3n) is 7.34. The molecule has 3 rings (SSSR count). The molecule has 4 nitrogen and oxygen atoms in total. The number of ether oxygens (including phenoxy) is 2. The first-order valence-electron chi connectivity index (χ1n) is 12.9. The Morgan fingerprint density at radius 1 is 0.971 bits per heavy atom. The highest BCUT2D eigenvalue weighted by molar-refractivity contribution is 5.56. The Morgan fingerprint density at radius 3 is 1.97 bits per heavy atom. The average molecular weight is 485 g/mol. The Bertz CT molecular complexity index is 668. The zero-order chi connectivity index (χ0) is 25.7. The fourth-order valence-corrected chi connectivity index (χ4v) is 4.79. The molecule has 2 aliphatic rings. The molecule has 2 saturated heterocycles. The molecular weight excluding hydrogens is 434 g/mol. The number of likely N-dealkylation sites (tertiary alicyclic amines) is 1. The second-order valence-corrected chi connectivity index (χ2v) is 10.3. The van der Waals surface area contributed by atoms with Gasteiger partial charge in [-0.05, 0) is 61.5 Å². The number of hydrogen-bond acceptors (Lipinski definition) is 4. The molecule has 1 atom stereocenters. The molecule has 0 amide bonds. The molecule has 1 aromatic carbocycles. The number of methoxy groups -OCH3 is 2. The quantitative estimate of drug-likeness (QED) is 0.458. The molecule has 2 heterocycles. The minimum atomic E-state index is -0.936. The van der Waals surface area contributed by atoms with E-state index in [1.165, 1.54) is 0 Å². The molecule has 0 radical (unpaired) electrons. The number of alkyl halides is 1. The molecule has 0 saturated carbocycles. The lowest BCUT2D eigenvalue weighted by molar-refractivity contribution is 0.0464. The predicted octanol–water partition coefficient (Wildman–Crippen LogP) is 6.54. The van der Waals surface area contributed by atoms with Crippen molar-refractivity contribution in [3.63, 3.8) is 0 Å². The number of piperidine rings is 2. The molecule has 2 aliphatic heterocycles. The van der Waals surface area contributed by atoms with Gasteiger partial charge in [-0.3, -0.25) is 0 Å². The summed E-state index contributed by atoms with van der Waals surface area (Å²) in [5.41, 5.74) is 1.03. The van der Waals surface area contributed by atoms with Crippen molar-refractivity contribution in [2.24, 2.45) is 11.8 Å². The largest absolute Gasteiger partial charge is 0.388 e. The van der Waals surface area contributed by atoms with Gasteiger partial charge in [0.05, 0.1) is 5.69 Å². The summed E-state index contributed by atoms with van der Waals surface area (Å²) in [5, 5.41) is 0. The molecule has 1 unspecified atom stereocenters. The van der Waals surface area contributed by atoms with Crippen LogP contribution in [0.2, 0.25) is 0 Å². The summed E-state index contributed by atoms with van der Waals surface area (Å²) in [6.45, 7) is 13.2. The van der Waals surface area contributed by atoms with Crippen molar-refractivity contribution in [3.05, 3.63) is 29.6 Å². The lowest BCUT2D eigenvalue weighted by Gasteiger charge is -2.40. The van der Waals surface area contributed by atoms with Gasteiger partial charge in [-0.1, -0.05) is 39.8 Å². The maximum absolute atomic E-state index is 14.7. The number of nitrogens with zero attached hydrogens (tertiary/aromatic N) is 2. The van der Waals surface area contributed by atoms with Gasteiger partial charge in [0.1, 0.15) is 11.5 Å². The summed E-state index contributed by atoms with van der Waals surface area (Å²) in [6, 6.07) is 5.54. The number of hydrogen-bond donors (Lipinski definition) is 0. The second kappa shape index (κ2) is 15.7. The van der Waals surface area contributed by atoms with Crippen molar-refractivity contribution >= 4 is 5.69 Å². The lowest BCUT2D eigenvalue weighted by Crippen LogP contribution is -2.45. The Kier molecular flexibility index (Phi) is 14.2. The highest BCUT2D eigenvalue weighted by atomic mass is 19.1. The maximum Gasteiger partial charge on any atom is 0.146 e. The van der Waals surface area contributed by atoms with E-state index in [0.29, 0.717) is 37.0 Å². The summed E-state index contributed by atoms with van der Waals surface area (Å²) in [6.07, 6.45) is 4.17. The van der Waals surface area contributed by atoms with Crippen LogP contribution < -0.4 is 4.90 Å². The SMILES string of the molecule is CCC1(F)CCN(CC2CCN(c3c(F)cccc3C(C)C(C)C)CC2)CC1.COC.COC. The van der Waals surface area contributed by atoms with Gasteiger partial charge in [0.25, 0.3) is 0 Å². The molecule has 0 aromatic heterocycles. The van der Waals surface area contributed by atoms with E-state index in [1.807, 2.05) is 13.0 Å². The number of anilines is 1. The average Bonchev–Trinajstić information content (AvgIpc) is 2.82. The Hall–Kier alpha value is -1.24. The molecule has 6 heteroatoms. The minimum Gasteiger partial charge on any atom is -0.388 e. The first-order valence-corrected chi connectivity index (χ1v) is 12.9. The summed E-state index contributed by atoms with van der Waals surface area (Å²) in [4.78, 5) is 4.71. The van der Waals surface area contributed by atoms with Gasteiger partial charge in [0.15, 0.2) is 0 Å². The fraction of sp³-hybridized carbons (Fsp3) is 0.786. The molecule has 0 N–H and O–H groups in total. The zero-order valence-corrected chi connectivity index (χ0v) is 23.0. The first kappa shape index (κ1) is 30.8. The normalized spacial score (nSPS) is 19.7. The highest BCUT2D eigenvalue weighted by Crippen LogP contribution is 2.36. The van der Waals surface area contributed by atoms with Crippen molar-refractivity contribution in [1.29, 1.82) is 0 Å². The monoisotopic (exact) mass is 484 g/mol. The van der Waals surface area contributed by atoms with Crippen LogP contribution in [0.3, 0.4) is 0 Å². The first-order chi connectivity index (χ1) is 16.2. The number of benzene rings is 1. The summed E-state index contributed by atoms with van der Waals surface area (Å²) in [7, 11) is 6.50. The summed E-state index contributed by atoms with van der Waals surface area (Å²) >= 11 is 0. The van der Waals surface area contributed by atoms with E-state index in [9.17, 15) is 8.78 Å². The lowest BCUT2D eigenvalue weighted by atomic mass is 9.87. The van der Waals surface area contributed by atoms with E-state index >= 15 is 0 Å². The molecule has 34 heavy (non-hydrogen) atoms. The van der Waals surface area contributed by atoms with Crippen LogP contribution >= 0.6 is 0 Å². The standard InChI is InChI=1S/C24H38F2N2.2C2H6O/c1-5-24(26)11-15-27(16-12-24)17-20-9-13-28(14-10-20)23-21(19(4)18(2)3)7-6-8-22(23)25;2*1-3-2/h6-8,18-20H,5,9-17H2,1-4H3;2*1-2H3. The highest BCUT2D eigenvalue weighted by Gasteiger charge is 2.34. The third-order valence-corrected chi connectivity index (χ3v) is 7.34. The zero-order valence-electron chi connectivity index (χ0n) is 23.0. The van der Waals surface area contributed by atoms with Crippen LogP contribution in [-0.4, -0.2) is 71.7 Å². The van der Waals surface area contributed by atoms with Crippen LogP contribution in [0.4, 0.5) is 14.5 Å². The molecule has 198 valence electrons. The van der Waals surface area contributed by atoms with Gasteiger partial charge in [-0.15, -0.1) is 0 Å². The maximum atomic E-state index is 14.7. The number of halogens is 2. The van der Waals surface area contributed by atoms with Gasteiger partial charge >= 0.3 is 0 Å². The van der Waals surface area contributed by atoms with Crippen molar-refractivity contribution < 1.29 is 18.3 Å². The van der Waals surface area contributed by atoms with Crippen molar-refractivity contribution in [2.75, 3.05) is 66.1 Å². The fourth-order valence-electron chi connectivity index (χ4n) is 4.79. The van der Waals surface area contributed by atoms with Gasteiger partial charge in [-0.25, -0.2) is 8.78 Å². The molecular formula is C28H50F2N2O2. The Morgan fingerprint density at radius 2 is 1.50 bits per heavy atom. The smallest absolute Gasteiger partial charge is 0.146 e. The molecule has 0 aliphatic carbocycles. The Balaban J connectivity index is 0.000000872. The van der Waals surface area contributed by atoms with E-state index in [0.717, 1.165) is 56.8 Å². The van der Waals surface area contributed by atoms with Crippen molar-refractivity contribution in [2.45, 2.75) is 71.4 Å². The van der Waals surface area contributed by atoms with Gasteiger partial charge < -0.3 is 19.3 Å². The van der Waals surface area contributed by atoms with Crippen LogP contribution in [0.25, 0.3) is 0 Å². The molecule has 0 bridgehead atoms. The summed E-state index contributed by atoms with van der Waals surface area (Å²) in [5.74, 6) is 1.39. The molecule has 0 spiro atoms.